The highest BCUT2D eigenvalue weighted by Gasteiger charge is 2.34. The standard InChI is InChI=1S/C23H34N2O3/c26-23(22-7-3-4-14-25(22)20-5-1-2-6-20)24-19-8-10-21(11-9-19)28-17-18-12-15-27-16-13-18/h8-11,18,20,22H,1-7,12-17H2,(H,24,26). The fraction of sp³-hybridized carbons (Fsp3) is 0.696. The van der Waals surface area contributed by atoms with E-state index in [-0.39, 0.29) is 11.9 Å². The third kappa shape index (κ3) is 5.06. The van der Waals surface area contributed by atoms with Crippen molar-refractivity contribution in [2.75, 3.05) is 31.7 Å². The summed E-state index contributed by atoms with van der Waals surface area (Å²) >= 11 is 0. The van der Waals surface area contributed by atoms with Crippen molar-refractivity contribution in [3.05, 3.63) is 24.3 Å². The molecule has 1 amide bonds. The van der Waals surface area contributed by atoms with Crippen LogP contribution in [0.1, 0.15) is 57.8 Å². The Balaban J connectivity index is 1.29. The average Bonchev–Trinajstić information content (AvgIpc) is 3.29. The van der Waals surface area contributed by atoms with Crippen molar-refractivity contribution in [1.82, 2.24) is 4.90 Å². The van der Waals surface area contributed by atoms with E-state index in [2.05, 4.69) is 10.2 Å². The van der Waals surface area contributed by atoms with Gasteiger partial charge >= 0.3 is 0 Å². The van der Waals surface area contributed by atoms with Crippen molar-refractivity contribution >= 4 is 11.6 Å². The summed E-state index contributed by atoms with van der Waals surface area (Å²) in [6.45, 7) is 3.51. The molecule has 0 bridgehead atoms. The van der Waals surface area contributed by atoms with E-state index < -0.39 is 0 Å². The van der Waals surface area contributed by atoms with Gasteiger partial charge in [-0.05, 0) is 75.3 Å². The summed E-state index contributed by atoms with van der Waals surface area (Å²) in [6.07, 6.45) is 10.6. The van der Waals surface area contributed by atoms with E-state index in [1.807, 2.05) is 24.3 Å². The largest absolute Gasteiger partial charge is 0.493 e. The molecule has 1 aliphatic carbocycles. The van der Waals surface area contributed by atoms with Crippen molar-refractivity contribution in [3.63, 3.8) is 0 Å². The van der Waals surface area contributed by atoms with Crippen LogP contribution in [0.25, 0.3) is 0 Å². The van der Waals surface area contributed by atoms with Crippen molar-refractivity contribution in [2.24, 2.45) is 5.92 Å². The van der Waals surface area contributed by atoms with Crippen LogP contribution in [0.5, 0.6) is 5.75 Å². The number of nitrogens with zero attached hydrogens (tertiary/aromatic N) is 1. The lowest BCUT2D eigenvalue weighted by Crippen LogP contribution is -2.51. The lowest BCUT2D eigenvalue weighted by Gasteiger charge is -2.38. The van der Waals surface area contributed by atoms with Crippen LogP contribution in [0.3, 0.4) is 0 Å². The van der Waals surface area contributed by atoms with Crippen LogP contribution in [0.15, 0.2) is 24.3 Å². The maximum absolute atomic E-state index is 13.0. The second kappa shape index (κ2) is 9.75. The number of benzene rings is 1. The SMILES string of the molecule is O=C(Nc1ccc(OCC2CCOCC2)cc1)C1CCCCN1C1CCCC1. The number of carbonyl (C=O) groups excluding carboxylic acids is 1. The molecule has 4 rings (SSSR count). The lowest BCUT2D eigenvalue weighted by atomic mass is 9.98. The highest BCUT2D eigenvalue weighted by Crippen LogP contribution is 2.30. The molecule has 2 saturated heterocycles. The zero-order valence-electron chi connectivity index (χ0n) is 16.9. The number of ether oxygens (including phenoxy) is 2. The van der Waals surface area contributed by atoms with E-state index in [9.17, 15) is 4.79 Å². The topological polar surface area (TPSA) is 50.8 Å². The second-order valence-electron chi connectivity index (χ2n) is 8.57. The number of amides is 1. The Hall–Kier alpha value is -1.59. The predicted octanol–water partition coefficient (Wildman–Crippen LogP) is 4.23. The van der Waals surface area contributed by atoms with Crippen molar-refractivity contribution in [2.45, 2.75) is 69.9 Å². The monoisotopic (exact) mass is 386 g/mol. The smallest absolute Gasteiger partial charge is 0.241 e. The van der Waals surface area contributed by atoms with E-state index in [1.165, 1.54) is 32.1 Å². The van der Waals surface area contributed by atoms with Crippen LogP contribution in [0.4, 0.5) is 5.69 Å². The summed E-state index contributed by atoms with van der Waals surface area (Å²) in [5.74, 6) is 1.61. The second-order valence-corrected chi connectivity index (χ2v) is 8.57. The lowest BCUT2D eigenvalue weighted by molar-refractivity contribution is -0.123. The summed E-state index contributed by atoms with van der Waals surface area (Å²) in [6, 6.07) is 8.48. The Kier molecular flexibility index (Phi) is 6.86. The Morgan fingerprint density at radius 3 is 2.46 bits per heavy atom. The van der Waals surface area contributed by atoms with Crippen LogP contribution in [-0.2, 0) is 9.53 Å². The summed E-state index contributed by atoms with van der Waals surface area (Å²) in [5, 5.41) is 3.15. The van der Waals surface area contributed by atoms with Gasteiger partial charge in [-0.2, -0.15) is 0 Å². The summed E-state index contributed by atoms with van der Waals surface area (Å²) in [5.41, 5.74) is 0.861. The molecule has 3 fully saturated rings. The molecule has 1 saturated carbocycles. The molecule has 2 heterocycles. The van der Waals surface area contributed by atoms with Gasteiger partial charge in [0.25, 0.3) is 0 Å². The van der Waals surface area contributed by atoms with Crippen LogP contribution < -0.4 is 10.1 Å². The number of anilines is 1. The highest BCUT2D eigenvalue weighted by atomic mass is 16.5. The van der Waals surface area contributed by atoms with Gasteiger partial charge in [0.2, 0.25) is 5.91 Å². The minimum atomic E-state index is 0.0290. The molecule has 1 N–H and O–H groups in total. The number of carbonyl (C=O) groups is 1. The van der Waals surface area contributed by atoms with Crippen molar-refractivity contribution in [1.29, 1.82) is 0 Å². The van der Waals surface area contributed by atoms with Gasteiger partial charge in [0.15, 0.2) is 0 Å². The Morgan fingerprint density at radius 1 is 1.00 bits per heavy atom. The normalized spacial score (nSPS) is 24.9. The number of nitrogens with one attached hydrogen (secondary N) is 1. The number of rotatable bonds is 6. The molecular weight excluding hydrogens is 352 g/mol. The summed E-state index contributed by atoms with van der Waals surface area (Å²) in [7, 11) is 0. The molecule has 0 spiro atoms. The van der Waals surface area contributed by atoms with Crippen LogP contribution in [0.2, 0.25) is 0 Å². The number of hydrogen-bond acceptors (Lipinski definition) is 4. The number of likely N-dealkylation sites (tertiary alicyclic amines) is 1. The van der Waals surface area contributed by atoms with Crippen molar-refractivity contribution < 1.29 is 14.3 Å². The molecule has 28 heavy (non-hydrogen) atoms. The molecule has 1 aromatic carbocycles. The van der Waals surface area contributed by atoms with E-state index >= 15 is 0 Å². The fourth-order valence-electron chi connectivity index (χ4n) is 4.90. The molecule has 0 aromatic heterocycles. The van der Waals surface area contributed by atoms with Gasteiger partial charge in [-0.25, -0.2) is 0 Å². The highest BCUT2D eigenvalue weighted by molar-refractivity contribution is 5.95. The van der Waals surface area contributed by atoms with Gasteiger partial charge in [0.1, 0.15) is 5.75 Å². The van der Waals surface area contributed by atoms with Gasteiger partial charge in [0.05, 0.1) is 12.6 Å². The number of piperidine rings is 1. The molecule has 154 valence electrons. The maximum atomic E-state index is 13.0. The summed E-state index contributed by atoms with van der Waals surface area (Å²) in [4.78, 5) is 15.4. The summed E-state index contributed by atoms with van der Waals surface area (Å²) < 4.78 is 11.3. The molecule has 0 radical (unpaired) electrons. The van der Waals surface area contributed by atoms with Gasteiger partial charge < -0.3 is 14.8 Å². The average molecular weight is 387 g/mol. The molecule has 1 unspecified atom stereocenters. The van der Waals surface area contributed by atoms with E-state index in [0.29, 0.717) is 12.0 Å². The minimum absolute atomic E-state index is 0.0290. The first-order valence-electron chi connectivity index (χ1n) is 11.2. The fourth-order valence-corrected chi connectivity index (χ4v) is 4.90. The molecular formula is C23H34N2O3. The first-order chi connectivity index (χ1) is 13.8. The van der Waals surface area contributed by atoms with Gasteiger partial charge in [-0.15, -0.1) is 0 Å². The number of hydrogen-bond donors (Lipinski definition) is 1. The predicted molar refractivity (Wildman–Crippen MR) is 111 cm³/mol. The van der Waals surface area contributed by atoms with Crippen LogP contribution in [0, 0.1) is 5.92 Å². The molecule has 3 aliphatic rings. The minimum Gasteiger partial charge on any atom is -0.493 e. The molecule has 2 aliphatic heterocycles. The molecule has 1 aromatic rings. The molecule has 1 atom stereocenters. The third-order valence-corrected chi connectivity index (χ3v) is 6.59. The molecule has 5 heteroatoms. The van der Waals surface area contributed by atoms with Crippen LogP contribution in [-0.4, -0.2) is 49.3 Å². The van der Waals surface area contributed by atoms with Crippen LogP contribution >= 0.6 is 0 Å². The third-order valence-electron chi connectivity index (χ3n) is 6.59. The first kappa shape index (κ1) is 19.7. The first-order valence-corrected chi connectivity index (χ1v) is 11.2. The Labute approximate surface area is 168 Å². The molecule has 5 nitrogen and oxygen atoms in total. The Bertz CT molecular complexity index is 621. The van der Waals surface area contributed by atoms with Gasteiger partial charge in [-0.3, -0.25) is 9.69 Å². The zero-order chi connectivity index (χ0) is 19.2. The van der Waals surface area contributed by atoms with E-state index in [1.54, 1.807) is 0 Å². The van der Waals surface area contributed by atoms with Crippen molar-refractivity contribution in [3.8, 4) is 5.75 Å². The quantitative estimate of drug-likeness (QED) is 0.795. The van der Waals surface area contributed by atoms with E-state index in [0.717, 1.165) is 63.5 Å². The van der Waals surface area contributed by atoms with E-state index in [4.69, 9.17) is 9.47 Å². The maximum Gasteiger partial charge on any atom is 0.241 e. The van der Waals surface area contributed by atoms with Gasteiger partial charge in [0, 0.05) is 24.9 Å². The Morgan fingerprint density at radius 2 is 1.71 bits per heavy atom. The zero-order valence-corrected chi connectivity index (χ0v) is 16.9. The van der Waals surface area contributed by atoms with Gasteiger partial charge in [-0.1, -0.05) is 19.3 Å².